The molecular formula is C21H21Cl2N3O. The van der Waals surface area contributed by atoms with Crippen molar-refractivity contribution < 1.29 is 4.79 Å². The lowest BCUT2D eigenvalue weighted by Crippen LogP contribution is -2.31. The van der Waals surface area contributed by atoms with Crippen molar-refractivity contribution in [2.24, 2.45) is 7.05 Å². The first-order valence-corrected chi connectivity index (χ1v) is 9.55. The summed E-state index contributed by atoms with van der Waals surface area (Å²) in [6, 6.07) is 15.2. The fraction of sp³-hybridized carbons (Fsp3) is 0.238. The quantitative estimate of drug-likeness (QED) is 0.608. The second kappa shape index (κ2) is 9.07. The fourth-order valence-electron chi connectivity index (χ4n) is 2.98. The molecule has 3 rings (SSSR count). The minimum Gasteiger partial charge on any atom is -0.342 e. The van der Waals surface area contributed by atoms with E-state index < -0.39 is 0 Å². The lowest BCUT2D eigenvalue weighted by Gasteiger charge is -2.19. The van der Waals surface area contributed by atoms with Crippen LogP contribution in [-0.2, 0) is 18.3 Å². The molecule has 0 saturated carbocycles. The second-order valence-electron chi connectivity index (χ2n) is 6.41. The van der Waals surface area contributed by atoms with Gasteiger partial charge in [0.25, 0.3) is 0 Å². The zero-order chi connectivity index (χ0) is 19.2. The number of hydrogen-bond acceptors (Lipinski definition) is 2. The van der Waals surface area contributed by atoms with Gasteiger partial charge in [0.05, 0.1) is 10.0 Å². The van der Waals surface area contributed by atoms with Gasteiger partial charge in [-0.05, 0) is 36.1 Å². The molecule has 1 unspecified atom stereocenters. The lowest BCUT2D eigenvalue weighted by molar-refractivity contribution is -0.121. The molecule has 27 heavy (non-hydrogen) atoms. The Morgan fingerprint density at radius 2 is 1.93 bits per heavy atom. The highest BCUT2D eigenvalue weighted by Gasteiger charge is 2.20. The third-order valence-electron chi connectivity index (χ3n) is 4.41. The zero-order valence-corrected chi connectivity index (χ0v) is 16.5. The summed E-state index contributed by atoms with van der Waals surface area (Å²) < 4.78 is 1.92. The van der Waals surface area contributed by atoms with Crippen LogP contribution in [0.2, 0.25) is 10.0 Å². The zero-order valence-electron chi connectivity index (χ0n) is 15.0. The Bertz CT molecular complexity index is 909. The molecule has 1 N–H and O–H groups in total. The number of aromatic nitrogens is 2. The van der Waals surface area contributed by atoms with Crippen LogP contribution in [0.15, 0.2) is 60.9 Å². The molecule has 1 heterocycles. The maximum Gasteiger partial charge on any atom is 0.220 e. The van der Waals surface area contributed by atoms with E-state index >= 15 is 0 Å². The highest BCUT2D eigenvalue weighted by molar-refractivity contribution is 6.42. The molecule has 6 heteroatoms. The summed E-state index contributed by atoms with van der Waals surface area (Å²) in [5.41, 5.74) is 2.07. The molecule has 0 fully saturated rings. The topological polar surface area (TPSA) is 46.9 Å². The van der Waals surface area contributed by atoms with Gasteiger partial charge in [0, 0.05) is 25.9 Å². The highest BCUT2D eigenvalue weighted by atomic mass is 35.5. The summed E-state index contributed by atoms with van der Waals surface area (Å²) >= 11 is 12.0. The lowest BCUT2D eigenvalue weighted by atomic mass is 10.0. The van der Waals surface area contributed by atoms with E-state index in [2.05, 4.69) is 10.3 Å². The maximum absolute atomic E-state index is 12.5. The first kappa shape index (κ1) is 19.5. The standard InChI is InChI=1S/C21H21Cl2N3O/c1-26-13-12-24-21(26)20(16-7-3-2-4-8-16)25-19(27)9-5-6-15-10-11-17(22)18(23)14-15/h2-4,7-8,10-14,20H,5-6,9H2,1H3,(H,25,27). The number of halogens is 2. The number of nitrogens with one attached hydrogen (secondary N) is 1. The molecule has 0 aliphatic rings. The van der Waals surface area contributed by atoms with Crippen molar-refractivity contribution in [2.45, 2.75) is 25.3 Å². The number of benzene rings is 2. The number of hydrogen-bond donors (Lipinski definition) is 1. The van der Waals surface area contributed by atoms with E-state index in [0.717, 1.165) is 29.8 Å². The second-order valence-corrected chi connectivity index (χ2v) is 7.22. The summed E-state index contributed by atoms with van der Waals surface area (Å²) in [6.07, 6.45) is 5.53. The molecule has 0 aliphatic heterocycles. The Hall–Kier alpha value is -2.30. The molecular weight excluding hydrogens is 381 g/mol. The van der Waals surface area contributed by atoms with Gasteiger partial charge >= 0.3 is 0 Å². The van der Waals surface area contributed by atoms with Crippen LogP contribution in [0.5, 0.6) is 0 Å². The summed E-state index contributed by atoms with van der Waals surface area (Å²) in [5.74, 6) is 0.797. The normalized spacial score (nSPS) is 12.0. The van der Waals surface area contributed by atoms with E-state index in [9.17, 15) is 4.79 Å². The van der Waals surface area contributed by atoms with Crippen LogP contribution < -0.4 is 5.32 Å². The number of amides is 1. The number of carbonyl (C=O) groups excluding carboxylic acids is 1. The molecule has 0 saturated heterocycles. The van der Waals surface area contributed by atoms with Crippen molar-refractivity contribution in [3.05, 3.63) is 87.9 Å². The van der Waals surface area contributed by atoms with Crippen molar-refractivity contribution in [3.63, 3.8) is 0 Å². The minimum atomic E-state index is -0.274. The highest BCUT2D eigenvalue weighted by Crippen LogP contribution is 2.24. The molecule has 0 spiro atoms. The van der Waals surface area contributed by atoms with E-state index in [1.807, 2.05) is 60.3 Å². The largest absolute Gasteiger partial charge is 0.342 e. The molecule has 0 aliphatic carbocycles. The van der Waals surface area contributed by atoms with Crippen molar-refractivity contribution in [2.75, 3.05) is 0 Å². The van der Waals surface area contributed by atoms with Gasteiger partial charge in [0.1, 0.15) is 11.9 Å². The van der Waals surface area contributed by atoms with Gasteiger partial charge in [-0.3, -0.25) is 4.79 Å². The Balaban J connectivity index is 1.63. The number of rotatable bonds is 7. The van der Waals surface area contributed by atoms with Crippen LogP contribution >= 0.6 is 23.2 Å². The summed E-state index contributed by atoms with van der Waals surface area (Å²) in [7, 11) is 1.93. The molecule has 2 aromatic carbocycles. The molecule has 3 aromatic rings. The smallest absolute Gasteiger partial charge is 0.220 e. The molecule has 0 radical (unpaired) electrons. The average Bonchev–Trinajstić information content (AvgIpc) is 3.09. The first-order chi connectivity index (χ1) is 13.0. The minimum absolute atomic E-state index is 0.00749. The van der Waals surface area contributed by atoms with Crippen LogP contribution in [-0.4, -0.2) is 15.5 Å². The summed E-state index contributed by atoms with van der Waals surface area (Å²) in [5, 5.41) is 4.19. The van der Waals surface area contributed by atoms with E-state index in [0.29, 0.717) is 16.5 Å². The van der Waals surface area contributed by atoms with E-state index in [1.54, 1.807) is 12.3 Å². The summed E-state index contributed by atoms with van der Waals surface area (Å²) in [4.78, 5) is 17.0. The first-order valence-electron chi connectivity index (χ1n) is 8.80. The molecule has 1 amide bonds. The van der Waals surface area contributed by atoms with Gasteiger partial charge in [0.2, 0.25) is 5.91 Å². The van der Waals surface area contributed by atoms with Crippen LogP contribution in [0.25, 0.3) is 0 Å². The Morgan fingerprint density at radius 3 is 2.59 bits per heavy atom. The molecule has 1 atom stereocenters. The SMILES string of the molecule is Cn1ccnc1C(NC(=O)CCCc1ccc(Cl)c(Cl)c1)c1ccccc1. The van der Waals surface area contributed by atoms with Crippen LogP contribution in [0.1, 0.15) is 35.8 Å². The molecule has 4 nitrogen and oxygen atoms in total. The monoisotopic (exact) mass is 401 g/mol. The van der Waals surface area contributed by atoms with Crippen molar-refractivity contribution in [1.29, 1.82) is 0 Å². The molecule has 1 aromatic heterocycles. The number of carbonyl (C=O) groups is 1. The van der Waals surface area contributed by atoms with Gasteiger partial charge in [-0.15, -0.1) is 0 Å². The maximum atomic E-state index is 12.5. The van der Waals surface area contributed by atoms with E-state index in [4.69, 9.17) is 23.2 Å². The Kier molecular flexibility index (Phi) is 6.54. The Morgan fingerprint density at radius 1 is 1.15 bits per heavy atom. The molecule has 0 bridgehead atoms. The van der Waals surface area contributed by atoms with Crippen LogP contribution in [0.3, 0.4) is 0 Å². The number of nitrogens with zero attached hydrogens (tertiary/aromatic N) is 2. The predicted octanol–water partition coefficient (Wildman–Crippen LogP) is 4.96. The van der Waals surface area contributed by atoms with E-state index in [1.165, 1.54) is 0 Å². The van der Waals surface area contributed by atoms with Crippen molar-refractivity contribution >= 4 is 29.1 Å². The van der Waals surface area contributed by atoms with Crippen molar-refractivity contribution in [1.82, 2.24) is 14.9 Å². The third kappa shape index (κ3) is 5.12. The van der Waals surface area contributed by atoms with Gasteiger partial charge < -0.3 is 9.88 Å². The summed E-state index contributed by atoms with van der Waals surface area (Å²) in [6.45, 7) is 0. The third-order valence-corrected chi connectivity index (χ3v) is 5.15. The fourth-order valence-corrected chi connectivity index (χ4v) is 3.30. The van der Waals surface area contributed by atoms with E-state index in [-0.39, 0.29) is 11.9 Å². The number of imidazole rings is 1. The van der Waals surface area contributed by atoms with Gasteiger partial charge in [-0.1, -0.05) is 59.6 Å². The Labute approximate surface area is 169 Å². The van der Waals surface area contributed by atoms with Crippen LogP contribution in [0.4, 0.5) is 0 Å². The van der Waals surface area contributed by atoms with Crippen LogP contribution in [0, 0.1) is 0 Å². The van der Waals surface area contributed by atoms with Gasteiger partial charge in [-0.25, -0.2) is 4.98 Å². The average molecular weight is 402 g/mol. The number of aryl methyl sites for hydroxylation is 2. The molecule has 140 valence electrons. The predicted molar refractivity (Wildman–Crippen MR) is 109 cm³/mol. The van der Waals surface area contributed by atoms with Gasteiger partial charge in [-0.2, -0.15) is 0 Å². The van der Waals surface area contributed by atoms with Gasteiger partial charge in [0.15, 0.2) is 0 Å². The van der Waals surface area contributed by atoms with Crippen molar-refractivity contribution in [3.8, 4) is 0 Å².